The number of aliphatic hydroxyl groups is 1. The molecule has 1 fully saturated rings. The molecule has 1 heterocycles. The summed E-state index contributed by atoms with van der Waals surface area (Å²) in [5.41, 5.74) is -3.39. The number of carbonyl (C=O) groups is 1. The number of sulfone groups is 1. The molecule has 0 aromatic heterocycles. The van der Waals surface area contributed by atoms with Crippen LogP contribution in [0, 0.1) is 6.92 Å². The zero-order valence-electron chi connectivity index (χ0n) is 15.5. The second kappa shape index (κ2) is 7.55. The predicted molar refractivity (Wildman–Crippen MR) is 98.9 cm³/mol. The third-order valence-electron chi connectivity index (χ3n) is 4.93. The molecule has 1 saturated heterocycles. The minimum atomic E-state index is -5.28. The van der Waals surface area contributed by atoms with E-state index in [9.17, 15) is 35.9 Å². The first kappa shape index (κ1) is 22.0. The Labute approximate surface area is 169 Å². The second-order valence-electron chi connectivity index (χ2n) is 6.96. The first-order chi connectivity index (χ1) is 13.9. The summed E-state index contributed by atoms with van der Waals surface area (Å²) in [6.45, 7) is 1.66. The maximum Gasteiger partial charge on any atom is 0.355 e. The van der Waals surface area contributed by atoms with E-state index < -0.39 is 50.1 Å². The number of aryl methyl sites for hydroxylation is 1. The van der Waals surface area contributed by atoms with Gasteiger partial charge in [-0.25, -0.2) is 22.0 Å². The highest BCUT2D eigenvalue weighted by Crippen LogP contribution is 2.45. The molecule has 1 aliphatic rings. The molecule has 1 aliphatic heterocycles. The van der Waals surface area contributed by atoms with Gasteiger partial charge in [0, 0.05) is 0 Å². The van der Waals surface area contributed by atoms with Crippen molar-refractivity contribution in [1.82, 2.24) is 10.6 Å². The van der Waals surface area contributed by atoms with Gasteiger partial charge in [0.1, 0.15) is 5.25 Å². The van der Waals surface area contributed by atoms with E-state index >= 15 is 0 Å². The minimum Gasteiger partial charge on any atom is -0.364 e. The Hall–Kier alpha value is -2.66. The fraction of sp³-hybridized carbons (Fsp3) is 0.316. The average Bonchev–Trinajstić information content (AvgIpc) is 2.68. The van der Waals surface area contributed by atoms with Crippen molar-refractivity contribution < 1.29 is 35.9 Å². The summed E-state index contributed by atoms with van der Waals surface area (Å²) in [4.78, 5) is 11.6. The van der Waals surface area contributed by atoms with Gasteiger partial charge in [0.05, 0.1) is 10.9 Å². The summed E-state index contributed by atoms with van der Waals surface area (Å²) in [6, 6.07) is 8.97. The molecule has 0 radical (unpaired) electrons. The molecule has 30 heavy (non-hydrogen) atoms. The van der Waals surface area contributed by atoms with Crippen molar-refractivity contribution in [1.29, 1.82) is 0 Å². The molecule has 3 rings (SSSR count). The number of amides is 2. The third kappa shape index (κ3) is 3.52. The molecule has 2 aromatic rings. The summed E-state index contributed by atoms with van der Waals surface area (Å²) in [6.07, 6.45) is -4.45. The quantitative estimate of drug-likeness (QED) is 0.616. The van der Waals surface area contributed by atoms with Gasteiger partial charge in [0.15, 0.2) is 9.84 Å². The maximum absolute atomic E-state index is 14.5. The molecule has 6 nitrogen and oxygen atoms in total. The Kier molecular flexibility index (Phi) is 5.54. The molecule has 3 N–H and O–H groups in total. The highest BCUT2D eigenvalue weighted by molar-refractivity contribution is 7.92. The first-order valence-corrected chi connectivity index (χ1v) is 10.3. The number of alkyl halides is 4. The number of carbonyl (C=O) groups excluding carboxylic acids is 1. The van der Waals surface area contributed by atoms with Crippen LogP contribution in [0.15, 0.2) is 59.5 Å². The van der Waals surface area contributed by atoms with Gasteiger partial charge >= 0.3 is 18.4 Å². The van der Waals surface area contributed by atoms with Crippen molar-refractivity contribution >= 4 is 15.9 Å². The SMILES string of the molecule is Cc1ccc(S(=O)(=O)[C@@H]2[C@@H](c3ccccc3)NC(=O)N[C@@]2(O)C(F)(F)C(F)F)cc1. The van der Waals surface area contributed by atoms with Crippen molar-refractivity contribution in [3.05, 3.63) is 65.7 Å². The topological polar surface area (TPSA) is 95.5 Å². The van der Waals surface area contributed by atoms with E-state index in [0.29, 0.717) is 5.56 Å². The molecule has 0 aliphatic carbocycles. The van der Waals surface area contributed by atoms with Gasteiger partial charge in [-0.3, -0.25) is 0 Å². The molecule has 2 amide bonds. The number of benzene rings is 2. The Bertz CT molecular complexity index is 1030. The molecule has 0 bridgehead atoms. The van der Waals surface area contributed by atoms with Crippen LogP contribution < -0.4 is 10.6 Å². The normalized spacial score (nSPS) is 25.0. The monoisotopic (exact) mass is 446 g/mol. The molecule has 0 unspecified atom stereocenters. The van der Waals surface area contributed by atoms with Gasteiger partial charge in [-0.1, -0.05) is 48.0 Å². The van der Waals surface area contributed by atoms with Crippen molar-refractivity contribution in [3.8, 4) is 0 Å². The van der Waals surface area contributed by atoms with Crippen LogP contribution in [-0.2, 0) is 9.84 Å². The number of nitrogens with one attached hydrogen (secondary N) is 2. The highest BCUT2D eigenvalue weighted by Gasteiger charge is 2.70. The van der Waals surface area contributed by atoms with Crippen molar-refractivity contribution in [2.75, 3.05) is 0 Å². The van der Waals surface area contributed by atoms with Crippen LogP contribution in [0.5, 0.6) is 0 Å². The molecular formula is C19H18F4N2O4S. The molecule has 162 valence electrons. The van der Waals surface area contributed by atoms with E-state index in [0.717, 1.165) is 12.1 Å². The molecule has 0 saturated carbocycles. The molecule has 0 spiro atoms. The maximum atomic E-state index is 14.5. The lowest BCUT2D eigenvalue weighted by Gasteiger charge is -2.47. The summed E-state index contributed by atoms with van der Waals surface area (Å²) >= 11 is 0. The second-order valence-corrected chi connectivity index (χ2v) is 9.02. The molecule has 11 heteroatoms. The summed E-state index contributed by atoms with van der Waals surface area (Å²) in [5, 5.41) is 11.6. The Morgan fingerprint density at radius 1 is 1.07 bits per heavy atom. The van der Waals surface area contributed by atoms with Gasteiger partial charge in [-0.2, -0.15) is 8.78 Å². The minimum absolute atomic E-state index is 0.0385. The van der Waals surface area contributed by atoms with E-state index in [4.69, 9.17) is 0 Å². The van der Waals surface area contributed by atoms with Crippen LogP contribution in [0.4, 0.5) is 22.4 Å². The van der Waals surface area contributed by atoms with E-state index in [1.54, 1.807) is 13.0 Å². The zero-order valence-corrected chi connectivity index (χ0v) is 16.3. The van der Waals surface area contributed by atoms with Gasteiger partial charge in [-0.15, -0.1) is 0 Å². The summed E-state index contributed by atoms with van der Waals surface area (Å²) < 4.78 is 82.2. The van der Waals surface area contributed by atoms with E-state index in [1.165, 1.54) is 41.7 Å². The zero-order chi connectivity index (χ0) is 22.3. The van der Waals surface area contributed by atoms with Crippen LogP contribution >= 0.6 is 0 Å². The number of rotatable bonds is 5. The lowest BCUT2D eigenvalue weighted by molar-refractivity contribution is -0.255. The smallest absolute Gasteiger partial charge is 0.355 e. The molecular weight excluding hydrogens is 428 g/mol. The Balaban J connectivity index is 2.28. The van der Waals surface area contributed by atoms with Gasteiger partial charge in [0.2, 0.25) is 5.72 Å². The van der Waals surface area contributed by atoms with Crippen molar-refractivity contribution in [2.45, 2.75) is 41.2 Å². The Morgan fingerprint density at radius 2 is 1.63 bits per heavy atom. The lowest BCUT2D eigenvalue weighted by atomic mass is 9.90. The van der Waals surface area contributed by atoms with E-state index in [-0.39, 0.29) is 5.56 Å². The van der Waals surface area contributed by atoms with Crippen LogP contribution in [0.25, 0.3) is 0 Å². The van der Waals surface area contributed by atoms with Gasteiger partial charge in [0.25, 0.3) is 0 Å². The average molecular weight is 446 g/mol. The van der Waals surface area contributed by atoms with E-state index in [2.05, 4.69) is 5.32 Å². The fourth-order valence-electron chi connectivity index (χ4n) is 3.37. The van der Waals surface area contributed by atoms with Crippen LogP contribution in [0.1, 0.15) is 17.2 Å². The predicted octanol–water partition coefficient (Wildman–Crippen LogP) is 2.78. The lowest BCUT2D eigenvalue weighted by Crippen LogP contribution is -2.77. The van der Waals surface area contributed by atoms with Crippen LogP contribution in [0.3, 0.4) is 0 Å². The van der Waals surface area contributed by atoms with Gasteiger partial charge < -0.3 is 15.7 Å². The first-order valence-electron chi connectivity index (χ1n) is 8.74. The standard InChI is InChI=1S/C19H18F4N2O4S/c1-11-7-9-13(10-8-11)30(28,29)15-14(12-5-3-2-4-6-12)24-17(26)25-19(15,27)18(22,23)16(20)21/h2-10,14-16,27H,1H3,(H2,24,25,26)/t14-,15-,19+/m1/s1. The van der Waals surface area contributed by atoms with Gasteiger partial charge in [-0.05, 0) is 24.6 Å². The van der Waals surface area contributed by atoms with Crippen LogP contribution in [-0.4, -0.2) is 42.9 Å². The Morgan fingerprint density at radius 3 is 2.17 bits per heavy atom. The van der Waals surface area contributed by atoms with Crippen LogP contribution in [0.2, 0.25) is 0 Å². The van der Waals surface area contributed by atoms with Crippen molar-refractivity contribution in [3.63, 3.8) is 0 Å². The summed E-state index contributed by atoms with van der Waals surface area (Å²) in [5.74, 6) is -5.28. The highest BCUT2D eigenvalue weighted by atomic mass is 32.2. The van der Waals surface area contributed by atoms with Crippen molar-refractivity contribution in [2.24, 2.45) is 0 Å². The fourth-order valence-corrected chi connectivity index (χ4v) is 5.43. The summed E-state index contributed by atoms with van der Waals surface area (Å²) in [7, 11) is -4.86. The number of hydrogen-bond acceptors (Lipinski definition) is 4. The third-order valence-corrected chi connectivity index (χ3v) is 7.14. The molecule has 2 aromatic carbocycles. The number of halogens is 4. The number of urea groups is 1. The largest absolute Gasteiger partial charge is 0.364 e. The van der Waals surface area contributed by atoms with E-state index in [1.807, 2.05) is 0 Å². The number of hydrogen-bond donors (Lipinski definition) is 3. The molecule has 3 atom stereocenters.